The lowest BCUT2D eigenvalue weighted by atomic mass is 10.4. The van der Waals surface area contributed by atoms with E-state index in [1.165, 1.54) is 10.9 Å². The Morgan fingerprint density at radius 2 is 2.37 bits per heavy atom. The van der Waals surface area contributed by atoms with Crippen LogP contribution in [0.2, 0.25) is 0 Å². The Kier molecular flexibility index (Phi) is 6.27. The minimum absolute atomic E-state index is 0.102. The standard InChI is InChI=1S/C12H17BrN4O2/c1-3-5-14-10(18)8-15-9-7-16-17(6-4-2)12(19)11(9)13/h4,7,15H,2-3,5-6,8H2,1H3,(H,14,18). The van der Waals surface area contributed by atoms with Crippen molar-refractivity contribution in [3.63, 3.8) is 0 Å². The number of allylic oxidation sites excluding steroid dienone is 1. The molecule has 0 unspecified atom stereocenters. The highest BCUT2D eigenvalue weighted by atomic mass is 79.9. The molecule has 1 rings (SSSR count). The second-order valence-electron chi connectivity index (χ2n) is 3.85. The molecule has 0 bridgehead atoms. The number of hydrogen-bond acceptors (Lipinski definition) is 4. The Bertz CT molecular complexity index is 513. The highest BCUT2D eigenvalue weighted by Crippen LogP contribution is 2.15. The molecule has 1 aromatic rings. The summed E-state index contributed by atoms with van der Waals surface area (Å²) in [5.74, 6) is -0.121. The maximum absolute atomic E-state index is 11.9. The maximum Gasteiger partial charge on any atom is 0.283 e. The van der Waals surface area contributed by atoms with E-state index in [9.17, 15) is 9.59 Å². The van der Waals surface area contributed by atoms with E-state index in [1.54, 1.807) is 6.08 Å². The van der Waals surface area contributed by atoms with Crippen molar-refractivity contribution in [3.05, 3.63) is 33.7 Å². The Morgan fingerprint density at radius 1 is 1.63 bits per heavy atom. The molecule has 7 heteroatoms. The molecule has 1 amide bonds. The molecule has 1 heterocycles. The second-order valence-corrected chi connectivity index (χ2v) is 4.64. The molecule has 0 spiro atoms. The van der Waals surface area contributed by atoms with Crippen LogP contribution >= 0.6 is 15.9 Å². The molecular formula is C12H17BrN4O2. The molecule has 0 aliphatic carbocycles. The van der Waals surface area contributed by atoms with E-state index in [1.807, 2.05) is 6.92 Å². The summed E-state index contributed by atoms with van der Waals surface area (Å²) < 4.78 is 1.63. The van der Waals surface area contributed by atoms with Gasteiger partial charge in [-0.1, -0.05) is 13.0 Å². The van der Waals surface area contributed by atoms with Crippen LogP contribution in [-0.2, 0) is 11.3 Å². The summed E-state index contributed by atoms with van der Waals surface area (Å²) in [6.07, 6.45) is 3.98. The number of amides is 1. The Hall–Kier alpha value is -1.63. The third-order valence-corrected chi connectivity index (χ3v) is 3.06. The Balaban J connectivity index is 2.70. The van der Waals surface area contributed by atoms with Gasteiger partial charge >= 0.3 is 0 Å². The van der Waals surface area contributed by atoms with Gasteiger partial charge in [0.1, 0.15) is 4.47 Å². The van der Waals surface area contributed by atoms with Gasteiger partial charge in [-0.15, -0.1) is 6.58 Å². The number of aromatic nitrogens is 2. The lowest BCUT2D eigenvalue weighted by molar-refractivity contribution is -0.119. The SMILES string of the molecule is C=CCn1ncc(NCC(=O)NCCC)c(Br)c1=O. The summed E-state index contributed by atoms with van der Waals surface area (Å²) in [6.45, 7) is 6.62. The average Bonchev–Trinajstić information content (AvgIpc) is 2.41. The summed E-state index contributed by atoms with van der Waals surface area (Å²) in [4.78, 5) is 23.3. The summed E-state index contributed by atoms with van der Waals surface area (Å²) in [7, 11) is 0. The Morgan fingerprint density at radius 3 is 3.00 bits per heavy atom. The van der Waals surface area contributed by atoms with Crippen molar-refractivity contribution in [2.75, 3.05) is 18.4 Å². The first-order valence-corrected chi connectivity index (χ1v) is 6.76. The molecule has 0 aromatic carbocycles. The number of anilines is 1. The third-order valence-electron chi connectivity index (χ3n) is 2.30. The molecule has 0 aliphatic heterocycles. The van der Waals surface area contributed by atoms with Crippen LogP contribution in [0.25, 0.3) is 0 Å². The number of nitrogens with zero attached hydrogens (tertiary/aromatic N) is 2. The van der Waals surface area contributed by atoms with Crippen LogP contribution in [0, 0.1) is 0 Å². The first-order valence-electron chi connectivity index (χ1n) is 5.97. The molecule has 2 N–H and O–H groups in total. The van der Waals surface area contributed by atoms with Crippen LogP contribution in [0.15, 0.2) is 28.1 Å². The maximum atomic E-state index is 11.9. The summed E-state index contributed by atoms with van der Waals surface area (Å²) in [5.41, 5.74) is 0.232. The van der Waals surface area contributed by atoms with Gasteiger partial charge in [0, 0.05) is 6.54 Å². The topological polar surface area (TPSA) is 76.0 Å². The van der Waals surface area contributed by atoms with E-state index in [4.69, 9.17) is 0 Å². The summed E-state index contributed by atoms with van der Waals surface area (Å²) in [5, 5.41) is 9.58. The molecule has 0 fully saturated rings. The van der Waals surface area contributed by atoms with Crippen molar-refractivity contribution in [2.45, 2.75) is 19.9 Å². The average molecular weight is 329 g/mol. The molecule has 0 radical (unpaired) electrons. The lowest BCUT2D eigenvalue weighted by Gasteiger charge is -2.09. The van der Waals surface area contributed by atoms with Crippen molar-refractivity contribution < 1.29 is 4.79 Å². The molecule has 0 saturated carbocycles. The van der Waals surface area contributed by atoms with Gasteiger partial charge in [-0.05, 0) is 22.4 Å². The first-order chi connectivity index (χ1) is 9.10. The first kappa shape index (κ1) is 15.4. The quantitative estimate of drug-likeness (QED) is 0.736. The summed E-state index contributed by atoms with van der Waals surface area (Å²) in [6, 6.07) is 0. The number of nitrogens with one attached hydrogen (secondary N) is 2. The van der Waals surface area contributed by atoms with Crippen LogP contribution in [0.3, 0.4) is 0 Å². The normalized spacial score (nSPS) is 10.0. The van der Waals surface area contributed by atoms with Gasteiger partial charge in [0.15, 0.2) is 0 Å². The predicted octanol–water partition coefficient (Wildman–Crippen LogP) is 1.13. The highest BCUT2D eigenvalue weighted by molar-refractivity contribution is 9.10. The van der Waals surface area contributed by atoms with Gasteiger partial charge in [-0.25, -0.2) is 4.68 Å². The van der Waals surface area contributed by atoms with Gasteiger partial charge in [-0.2, -0.15) is 5.10 Å². The van der Waals surface area contributed by atoms with E-state index in [-0.39, 0.29) is 18.0 Å². The number of carbonyl (C=O) groups excluding carboxylic acids is 1. The lowest BCUT2D eigenvalue weighted by Crippen LogP contribution is -2.31. The molecular weight excluding hydrogens is 312 g/mol. The van der Waals surface area contributed by atoms with Crippen LogP contribution < -0.4 is 16.2 Å². The zero-order valence-corrected chi connectivity index (χ0v) is 12.4. The molecule has 19 heavy (non-hydrogen) atoms. The molecule has 0 atom stereocenters. The smallest absolute Gasteiger partial charge is 0.283 e. The number of carbonyl (C=O) groups is 1. The minimum Gasteiger partial charge on any atom is -0.374 e. The fourth-order valence-corrected chi connectivity index (χ4v) is 1.79. The highest BCUT2D eigenvalue weighted by Gasteiger charge is 2.09. The van der Waals surface area contributed by atoms with E-state index in [2.05, 4.69) is 38.2 Å². The monoisotopic (exact) mass is 328 g/mol. The Labute approximate surface area is 120 Å². The van der Waals surface area contributed by atoms with Gasteiger partial charge in [-0.3, -0.25) is 9.59 Å². The van der Waals surface area contributed by atoms with E-state index >= 15 is 0 Å². The fraction of sp³-hybridized carbons (Fsp3) is 0.417. The van der Waals surface area contributed by atoms with E-state index < -0.39 is 0 Å². The van der Waals surface area contributed by atoms with Crippen molar-refractivity contribution >= 4 is 27.5 Å². The number of hydrogen-bond donors (Lipinski definition) is 2. The molecule has 1 aromatic heterocycles. The molecule has 0 saturated heterocycles. The zero-order chi connectivity index (χ0) is 14.3. The van der Waals surface area contributed by atoms with Crippen molar-refractivity contribution in [1.29, 1.82) is 0 Å². The second kappa shape index (κ2) is 7.73. The number of halogens is 1. The third kappa shape index (κ3) is 4.51. The predicted molar refractivity (Wildman–Crippen MR) is 78.2 cm³/mol. The van der Waals surface area contributed by atoms with Gasteiger partial charge in [0.2, 0.25) is 5.91 Å². The van der Waals surface area contributed by atoms with Crippen molar-refractivity contribution in [2.24, 2.45) is 0 Å². The van der Waals surface area contributed by atoms with E-state index in [0.29, 0.717) is 23.2 Å². The molecule has 6 nitrogen and oxygen atoms in total. The molecule has 104 valence electrons. The van der Waals surface area contributed by atoms with Gasteiger partial charge in [0.25, 0.3) is 5.56 Å². The number of rotatable bonds is 7. The van der Waals surface area contributed by atoms with Gasteiger partial charge < -0.3 is 10.6 Å². The van der Waals surface area contributed by atoms with E-state index in [0.717, 1.165) is 6.42 Å². The largest absolute Gasteiger partial charge is 0.374 e. The summed E-state index contributed by atoms with van der Waals surface area (Å²) >= 11 is 3.20. The van der Waals surface area contributed by atoms with Gasteiger partial charge in [0.05, 0.1) is 25.0 Å². The van der Waals surface area contributed by atoms with Crippen molar-refractivity contribution in [3.8, 4) is 0 Å². The zero-order valence-electron chi connectivity index (χ0n) is 10.8. The van der Waals surface area contributed by atoms with Crippen LogP contribution in [0.1, 0.15) is 13.3 Å². The minimum atomic E-state index is -0.265. The van der Waals surface area contributed by atoms with Crippen LogP contribution in [-0.4, -0.2) is 28.8 Å². The van der Waals surface area contributed by atoms with Crippen LogP contribution in [0.5, 0.6) is 0 Å². The molecule has 0 aliphatic rings. The fourth-order valence-electron chi connectivity index (χ4n) is 1.34. The van der Waals surface area contributed by atoms with Crippen molar-refractivity contribution in [1.82, 2.24) is 15.1 Å². The van der Waals surface area contributed by atoms with Crippen LogP contribution in [0.4, 0.5) is 5.69 Å².